The molecule has 2 N–H and O–H groups in total. The Labute approximate surface area is 158 Å². The third-order valence-electron chi connectivity index (χ3n) is 4.96. The lowest BCUT2D eigenvalue weighted by molar-refractivity contribution is 0.0594. The number of fused-ring (bicyclic) bond motifs is 5. The van der Waals surface area contributed by atoms with E-state index in [0.29, 0.717) is 23.5 Å². The van der Waals surface area contributed by atoms with Gasteiger partial charge in [-0.1, -0.05) is 0 Å². The maximum absolute atomic E-state index is 13.1. The smallest absolute Gasteiger partial charge is 0.356 e. The lowest BCUT2D eigenvalue weighted by Crippen LogP contribution is -2.48. The molecule has 0 saturated carbocycles. The van der Waals surface area contributed by atoms with Crippen LogP contribution in [-0.2, 0) is 4.74 Å². The van der Waals surface area contributed by atoms with E-state index in [1.807, 2.05) is 0 Å². The first kappa shape index (κ1) is 16.4. The van der Waals surface area contributed by atoms with Crippen molar-refractivity contribution in [2.24, 2.45) is 0 Å². The van der Waals surface area contributed by atoms with Gasteiger partial charge >= 0.3 is 12.0 Å². The highest BCUT2D eigenvalue weighted by Crippen LogP contribution is 2.39. The zero-order valence-electron chi connectivity index (χ0n) is 14.9. The molecule has 11 nitrogen and oxygen atoms in total. The largest absolute Gasteiger partial charge is 0.464 e. The number of hydrogen-bond acceptors (Lipinski definition) is 8. The zero-order chi connectivity index (χ0) is 19.3. The molecule has 2 aliphatic heterocycles. The molecule has 0 aliphatic carbocycles. The number of imidazole rings is 1. The van der Waals surface area contributed by atoms with Gasteiger partial charge in [0.2, 0.25) is 5.95 Å². The van der Waals surface area contributed by atoms with Gasteiger partial charge in [0.15, 0.2) is 17.2 Å². The number of aromatic nitrogens is 5. The Kier molecular flexibility index (Phi) is 3.60. The van der Waals surface area contributed by atoms with Crippen molar-refractivity contribution < 1.29 is 14.3 Å². The molecular weight excluding hydrogens is 364 g/mol. The second kappa shape index (κ2) is 6.15. The number of pyridine rings is 1. The van der Waals surface area contributed by atoms with Crippen LogP contribution in [0.3, 0.4) is 0 Å². The molecule has 0 spiro atoms. The van der Waals surface area contributed by atoms with Crippen LogP contribution in [0.15, 0.2) is 24.7 Å². The number of amides is 2. The van der Waals surface area contributed by atoms with Gasteiger partial charge in [-0.3, -0.25) is 10.2 Å². The number of carbonyl (C=O) groups excluding carboxylic acids is 2. The van der Waals surface area contributed by atoms with Gasteiger partial charge in [0.25, 0.3) is 0 Å². The fraction of sp³-hybridized carbons (Fsp3) is 0.294. The summed E-state index contributed by atoms with van der Waals surface area (Å²) in [6.45, 7) is 1.52. The van der Waals surface area contributed by atoms with Crippen molar-refractivity contribution in [3.63, 3.8) is 0 Å². The van der Waals surface area contributed by atoms with E-state index in [1.54, 1.807) is 23.2 Å². The van der Waals surface area contributed by atoms with Crippen LogP contribution in [0, 0.1) is 0 Å². The predicted molar refractivity (Wildman–Crippen MR) is 99.4 cm³/mol. The third kappa shape index (κ3) is 2.51. The van der Waals surface area contributed by atoms with E-state index >= 15 is 0 Å². The summed E-state index contributed by atoms with van der Waals surface area (Å²) >= 11 is 0. The Morgan fingerprint density at radius 2 is 2.18 bits per heavy atom. The Bertz CT molecular complexity index is 1100. The molecule has 5 rings (SSSR count). The highest BCUT2D eigenvalue weighted by atomic mass is 16.5. The van der Waals surface area contributed by atoms with Crippen LogP contribution in [-0.4, -0.2) is 63.2 Å². The summed E-state index contributed by atoms with van der Waals surface area (Å²) in [6.07, 6.45) is 3.87. The normalized spacial score (nSPS) is 17.5. The fourth-order valence-corrected chi connectivity index (χ4v) is 3.64. The Hall–Kier alpha value is -3.76. The zero-order valence-corrected chi connectivity index (χ0v) is 14.9. The highest BCUT2D eigenvalue weighted by molar-refractivity contribution is 6.04. The molecule has 2 aliphatic rings. The van der Waals surface area contributed by atoms with Crippen molar-refractivity contribution in [1.29, 1.82) is 0 Å². The number of anilines is 3. The maximum atomic E-state index is 13.1. The van der Waals surface area contributed by atoms with Crippen LogP contribution < -0.4 is 15.1 Å². The molecule has 3 aromatic heterocycles. The Balaban J connectivity index is 1.50. The quantitative estimate of drug-likeness (QED) is 0.634. The van der Waals surface area contributed by atoms with E-state index in [1.165, 1.54) is 13.4 Å². The molecular formula is C17H16N8O3. The molecule has 11 heteroatoms. The third-order valence-corrected chi connectivity index (χ3v) is 4.96. The van der Waals surface area contributed by atoms with Crippen molar-refractivity contribution in [3.05, 3.63) is 30.4 Å². The van der Waals surface area contributed by atoms with Crippen LogP contribution in [0.1, 0.15) is 16.9 Å². The molecule has 0 aromatic carbocycles. The van der Waals surface area contributed by atoms with Crippen molar-refractivity contribution in [1.82, 2.24) is 24.9 Å². The minimum Gasteiger partial charge on any atom is -0.464 e. The summed E-state index contributed by atoms with van der Waals surface area (Å²) in [5.41, 5.74) is 2.09. The molecule has 1 saturated heterocycles. The van der Waals surface area contributed by atoms with Crippen LogP contribution in [0.2, 0.25) is 0 Å². The summed E-state index contributed by atoms with van der Waals surface area (Å²) in [6, 6.07) is 2.94. The average molecular weight is 380 g/mol. The van der Waals surface area contributed by atoms with Gasteiger partial charge < -0.3 is 14.6 Å². The van der Waals surface area contributed by atoms with Gasteiger partial charge in [0.1, 0.15) is 5.52 Å². The number of urea groups is 1. The number of ether oxygens (including phenoxy) is 1. The van der Waals surface area contributed by atoms with Crippen molar-refractivity contribution in [2.75, 3.05) is 35.3 Å². The molecule has 1 fully saturated rings. The van der Waals surface area contributed by atoms with Crippen molar-refractivity contribution in [2.45, 2.75) is 12.5 Å². The Morgan fingerprint density at radius 3 is 3.04 bits per heavy atom. The van der Waals surface area contributed by atoms with Crippen molar-refractivity contribution >= 4 is 40.6 Å². The molecule has 28 heavy (non-hydrogen) atoms. The number of carbonyl (C=O) groups is 2. The Morgan fingerprint density at radius 1 is 1.29 bits per heavy atom. The standard InChI is InChI=1S/C17H16N8O3/c1-28-15(26)10-2-3-12-14(21-10)25(9-4-5-24(12)7-9)17(27)23-16-18-6-11-13(22-16)20-8-19-11/h2-3,6,8-9H,4-5,7H2,1H3,(H2,18,19,20,22,23,27)/t9-/m0/s1. The van der Waals surface area contributed by atoms with E-state index in [9.17, 15) is 9.59 Å². The van der Waals surface area contributed by atoms with Gasteiger partial charge in [-0.15, -0.1) is 0 Å². The number of aromatic amines is 1. The molecule has 1 atom stereocenters. The number of methoxy groups -OCH3 is 1. The monoisotopic (exact) mass is 380 g/mol. The number of nitrogens with one attached hydrogen (secondary N) is 2. The van der Waals surface area contributed by atoms with Crippen LogP contribution in [0.4, 0.5) is 22.2 Å². The second-order valence-electron chi connectivity index (χ2n) is 6.55. The first-order valence-electron chi connectivity index (χ1n) is 8.74. The van der Waals surface area contributed by atoms with Gasteiger partial charge in [-0.25, -0.2) is 24.5 Å². The van der Waals surface area contributed by atoms with E-state index in [4.69, 9.17) is 4.74 Å². The minimum absolute atomic E-state index is 0.0537. The van der Waals surface area contributed by atoms with E-state index in [2.05, 4.69) is 35.1 Å². The van der Waals surface area contributed by atoms with Crippen LogP contribution in [0.5, 0.6) is 0 Å². The highest BCUT2D eigenvalue weighted by Gasteiger charge is 2.40. The first-order chi connectivity index (χ1) is 13.6. The number of esters is 1. The van der Waals surface area contributed by atoms with Crippen LogP contribution in [0.25, 0.3) is 11.2 Å². The van der Waals surface area contributed by atoms with Crippen LogP contribution >= 0.6 is 0 Å². The number of nitrogens with zero attached hydrogens (tertiary/aromatic N) is 6. The van der Waals surface area contributed by atoms with E-state index in [0.717, 1.165) is 18.7 Å². The summed E-state index contributed by atoms with van der Waals surface area (Å²) in [5.74, 6) is 0.0223. The molecule has 142 valence electrons. The summed E-state index contributed by atoms with van der Waals surface area (Å²) in [5, 5.41) is 2.72. The molecule has 0 radical (unpaired) electrons. The summed E-state index contributed by atoms with van der Waals surface area (Å²) in [4.78, 5) is 48.5. The number of H-pyrrole nitrogens is 1. The first-order valence-corrected chi connectivity index (χ1v) is 8.74. The minimum atomic E-state index is -0.552. The van der Waals surface area contributed by atoms with Gasteiger partial charge in [-0.05, 0) is 18.6 Å². The van der Waals surface area contributed by atoms with Gasteiger partial charge in [-0.2, -0.15) is 4.98 Å². The van der Waals surface area contributed by atoms with E-state index in [-0.39, 0.29) is 17.7 Å². The molecule has 0 unspecified atom stereocenters. The average Bonchev–Trinajstić information content (AvgIpc) is 3.34. The number of rotatable bonds is 2. The maximum Gasteiger partial charge on any atom is 0.356 e. The molecule has 5 heterocycles. The molecule has 3 aromatic rings. The van der Waals surface area contributed by atoms with Crippen molar-refractivity contribution in [3.8, 4) is 0 Å². The lowest BCUT2D eigenvalue weighted by Gasteiger charge is -2.35. The SMILES string of the molecule is COC(=O)c1ccc2c(n1)N(C(=O)Nc1ncc3[nH]cnc3n1)[C@H]1CCN2C1. The fourth-order valence-electron chi connectivity index (χ4n) is 3.64. The molecule has 2 amide bonds. The molecule has 2 bridgehead atoms. The van der Waals surface area contributed by atoms with E-state index < -0.39 is 12.0 Å². The van der Waals surface area contributed by atoms with Gasteiger partial charge in [0.05, 0.1) is 31.4 Å². The predicted octanol–water partition coefficient (Wildman–Crippen LogP) is 1.17. The second-order valence-corrected chi connectivity index (χ2v) is 6.55. The lowest BCUT2D eigenvalue weighted by atomic mass is 10.2. The number of hydrogen-bond donors (Lipinski definition) is 2. The summed E-state index contributed by atoms with van der Waals surface area (Å²) < 4.78 is 4.76. The summed E-state index contributed by atoms with van der Waals surface area (Å²) in [7, 11) is 1.30. The topological polar surface area (TPSA) is 129 Å². The van der Waals surface area contributed by atoms with Gasteiger partial charge in [0, 0.05) is 13.1 Å².